The van der Waals surface area contributed by atoms with Gasteiger partial charge in [0.15, 0.2) is 23.9 Å². The van der Waals surface area contributed by atoms with E-state index in [1.165, 1.54) is 23.4 Å². The van der Waals surface area contributed by atoms with Gasteiger partial charge in [-0.2, -0.15) is 0 Å². The number of nitrogens with two attached hydrogens (primary N) is 2. The van der Waals surface area contributed by atoms with Gasteiger partial charge >= 0.3 is 15.1 Å². The number of aromatic nitrogens is 5. The summed E-state index contributed by atoms with van der Waals surface area (Å²) in [4.78, 5) is 27.7. The molecule has 0 aromatic carbocycles. The Balaban J connectivity index is 1.23. The number of imidazole rings is 1. The fourth-order valence-corrected chi connectivity index (χ4v) is 8.72. The first-order valence-electron chi connectivity index (χ1n) is 12.7. The molecule has 3 aromatic heterocycles. The number of pyridine rings is 1. The van der Waals surface area contributed by atoms with Crippen LogP contribution in [0.25, 0.3) is 11.2 Å². The van der Waals surface area contributed by atoms with Crippen molar-refractivity contribution in [3.05, 3.63) is 42.2 Å². The van der Waals surface area contributed by atoms with E-state index >= 15 is 4.39 Å². The molecule has 3 aromatic rings. The number of hydrogen-bond donors (Lipinski definition) is 3. The number of halogens is 1. The van der Waals surface area contributed by atoms with Crippen molar-refractivity contribution in [3.8, 4) is 0 Å². The number of fused-ring (bicyclic) bond motifs is 3. The van der Waals surface area contributed by atoms with Gasteiger partial charge in [0.2, 0.25) is 0 Å². The second-order valence-corrected chi connectivity index (χ2v) is 15.9. The third kappa shape index (κ3) is 5.72. The van der Waals surface area contributed by atoms with Gasteiger partial charge in [-0.05, 0) is 41.9 Å². The Kier molecular flexibility index (Phi) is 8.61. The van der Waals surface area contributed by atoms with E-state index in [1.807, 2.05) is 0 Å². The Morgan fingerprint density at radius 3 is 2.81 bits per heavy atom. The van der Waals surface area contributed by atoms with Crippen LogP contribution in [0.5, 0.6) is 0 Å². The van der Waals surface area contributed by atoms with Crippen LogP contribution in [0.2, 0.25) is 0 Å². The number of thiol groups is 1. The number of nitrogen functional groups attached to an aromatic ring is 1. The molecule has 4 N–H and O–H groups in total. The Bertz CT molecular complexity index is 1570. The van der Waals surface area contributed by atoms with E-state index in [0.29, 0.717) is 16.8 Å². The fraction of sp³-hybridized carbons (Fsp3) is 0.500. The number of hydrogen-bond acceptors (Lipinski definition) is 15. The largest absolute Gasteiger partial charge is 0.399 e. The van der Waals surface area contributed by atoms with E-state index in [2.05, 4.69) is 31.6 Å². The lowest BCUT2D eigenvalue weighted by atomic mass is 9.63. The monoisotopic (exact) mass is 661 g/mol. The van der Waals surface area contributed by atoms with Gasteiger partial charge in [-0.3, -0.25) is 28.0 Å². The summed E-state index contributed by atoms with van der Waals surface area (Å²) in [6.07, 6.45) is -1.19. The predicted octanol–water partition coefficient (Wildman–Crippen LogP) is 3.08. The minimum Gasteiger partial charge on any atom is -0.382 e. The van der Waals surface area contributed by atoms with E-state index < -0.39 is 52.2 Å². The number of rotatable bonds is 4. The lowest BCUT2D eigenvalue weighted by Crippen LogP contribution is -2.40. The van der Waals surface area contributed by atoms with Crippen molar-refractivity contribution in [2.24, 2.45) is 17.6 Å². The topological polar surface area (TPSA) is 206 Å². The molecule has 3 fully saturated rings. The number of amides is 1. The summed E-state index contributed by atoms with van der Waals surface area (Å²) in [6.45, 7) is -4.32. The normalized spacial score (nSPS) is 35.7. The van der Waals surface area contributed by atoms with Crippen molar-refractivity contribution in [3.63, 3.8) is 0 Å². The standard InChI is InChI=1S/C22H26FN7O8P2S2/c23-16-18-15(37-22(16)30-9-29-17-19(24)27-8-28-21(17)30)7-36-40(33,42-41)35-6-13-11(5-34-39(32)38-18)3-12(13)10-1-2-26-14(4-10)20(25)31/h1-2,4,8-9,11-13,15-16,18,22,39,41H,3,5-7H2,(H2,25,31)(H2,24,27,28)/t11-,12+,13-,15-,16+,18-,22-,40?/m1/s1. The number of nitrogens with zero attached hydrogens (tertiary/aromatic N) is 5. The third-order valence-electron chi connectivity index (χ3n) is 7.64. The lowest BCUT2D eigenvalue weighted by Gasteiger charge is -2.45. The van der Waals surface area contributed by atoms with Crippen LogP contribution in [-0.4, -0.2) is 68.6 Å². The van der Waals surface area contributed by atoms with E-state index in [4.69, 9.17) is 34.3 Å². The van der Waals surface area contributed by atoms with Crippen LogP contribution in [0.1, 0.15) is 34.6 Å². The summed E-state index contributed by atoms with van der Waals surface area (Å²) in [7, 11) is -2.62. The molecule has 15 nitrogen and oxygen atoms in total. The molecule has 1 amide bonds. The highest BCUT2D eigenvalue weighted by Crippen LogP contribution is 2.64. The minimum absolute atomic E-state index is 0.0102. The molecule has 5 heterocycles. The number of carbonyl (C=O) groups excluding carboxylic acids is 1. The number of anilines is 1. The number of ether oxygens (including phenoxy) is 1. The van der Waals surface area contributed by atoms with Crippen LogP contribution >= 0.6 is 37.1 Å². The summed E-state index contributed by atoms with van der Waals surface area (Å²) in [5.41, 5.74) is 12.6. The van der Waals surface area contributed by atoms with Gasteiger partial charge in [-0.1, -0.05) is 11.7 Å². The maximum atomic E-state index is 15.9. The summed E-state index contributed by atoms with van der Waals surface area (Å²) in [5, 5.41) is 0. The summed E-state index contributed by atoms with van der Waals surface area (Å²) < 4.78 is 72.1. The summed E-state index contributed by atoms with van der Waals surface area (Å²) in [5.74, 6) is -1.11. The molecular weight excluding hydrogens is 635 g/mol. The first-order chi connectivity index (χ1) is 20.2. The van der Waals surface area contributed by atoms with Crippen LogP contribution in [0.3, 0.4) is 0 Å². The molecule has 0 spiro atoms. The molecule has 226 valence electrons. The molecule has 2 unspecified atom stereocenters. The second kappa shape index (κ2) is 12.1. The van der Waals surface area contributed by atoms with Crippen molar-refractivity contribution in [1.82, 2.24) is 24.5 Å². The highest BCUT2D eigenvalue weighted by atomic mass is 33.3. The van der Waals surface area contributed by atoms with Gasteiger partial charge in [-0.15, -0.1) is 0 Å². The molecule has 1 aliphatic carbocycles. The zero-order valence-corrected chi connectivity index (χ0v) is 25.2. The van der Waals surface area contributed by atoms with E-state index in [9.17, 15) is 13.9 Å². The van der Waals surface area contributed by atoms with Gasteiger partial charge in [0, 0.05) is 16.6 Å². The van der Waals surface area contributed by atoms with Crippen LogP contribution in [0, 0.1) is 11.8 Å². The molecule has 1 saturated carbocycles. The molecule has 3 aliphatic rings. The molecule has 0 radical (unpaired) electrons. The SMILES string of the molecule is NC(=O)c1cc([C@@H]2C[C@@H]3CO[PH](=O)O[C@H]4[C@H](F)[C@H](n5cnc6c(N)ncnc65)O[C@@H]4COP(=O)(SS)OC[C@H]32)ccn1. The van der Waals surface area contributed by atoms with Crippen molar-refractivity contribution in [2.45, 2.75) is 36.9 Å². The van der Waals surface area contributed by atoms with E-state index in [-0.39, 0.29) is 53.6 Å². The maximum absolute atomic E-state index is 15.9. The zero-order valence-electron chi connectivity index (χ0n) is 21.6. The molecule has 0 bridgehead atoms. The summed E-state index contributed by atoms with van der Waals surface area (Å²) in [6, 6.07) is 3.35. The average molecular weight is 662 g/mol. The summed E-state index contributed by atoms with van der Waals surface area (Å²) >= 11 is 4.10. The fourth-order valence-electron chi connectivity index (χ4n) is 5.44. The molecular formula is C22H26FN7O8P2S2. The Labute approximate surface area is 247 Å². The molecule has 42 heavy (non-hydrogen) atoms. The van der Waals surface area contributed by atoms with Crippen molar-refractivity contribution < 1.29 is 41.1 Å². The lowest BCUT2D eigenvalue weighted by molar-refractivity contribution is -0.0406. The number of alkyl halides is 1. The second-order valence-electron chi connectivity index (χ2n) is 9.96. The Morgan fingerprint density at radius 1 is 1.21 bits per heavy atom. The molecule has 6 rings (SSSR count). The average Bonchev–Trinajstić information content (AvgIpc) is 3.53. The van der Waals surface area contributed by atoms with Gasteiger partial charge in [0.1, 0.15) is 29.7 Å². The highest BCUT2D eigenvalue weighted by molar-refractivity contribution is 8.93. The molecule has 9 atom stereocenters. The Morgan fingerprint density at radius 2 is 2.02 bits per heavy atom. The van der Waals surface area contributed by atoms with Gasteiger partial charge in [0.25, 0.3) is 5.91 Å². The minimum atomic E-state index is -3.87. The van der Waals surface area contributed by atoms with E-state index in [1.54, 1.807) is 12.1 Å². The Hall–Kier alpha value is -2.14. The van der Waals surface area contributed by atoms with Gasteiger partial charge < -0.3 is 25.3 Å². The quantitative estimate of drug-likeness (QED) is 0.209. The first kappa shape index (κ1) is 29.9. The van der Waals surface area contributed by atoms with Crippen molar-refractivity contribution in [1.29, 1.82) is 0 Å². The molecule has 2 aliphatic heterocycles. The van der Waals surface area contributed by atoms with Crippen molar-refractivity contribution >= 4 is 60.0 Å². The van der Waals surface area contributed by atoms with Gasteiger partial charge in [-0.25, -0.2) is 23.9 Å². The highest BCUT2D eigenvalue weighted by Gasteiger charge is 2.50. The molecule has 2 saturated heterocycles. The number of carbonyl (C=O) groups is 1. The van der Waals surface area contributed by atoms with E-state index in [0.717, 1.165) is 5.56 Å². The maximum Gasteiger partial charge on any atom is 0.399 e. The zero-order chi connectivity index (χ0) is 29.6. The van der Waals surface area contributed by atoms with Crippen LogP contribution in [0.15, 0.2) is 31.0 Å². The third-order valence-corrected chi connectivity index (χ3v) is 12.7. The molecule has 20 heteroatoms. The van der Waals surface area contributed by atoms with Crippen LogP contribution < -0.4 is 11.5 Å². The van der Waals surface area contributed by atoms with Gasteiger partial charge in [0.05, 0.1) is 26.1 Å². The smallest absolute Gasteiger partial charge is 0.382 e. The van der Waals surface area contributed by atoms with Crippen LogP contribution in [-0.2, 0) is 32.0 Å². The number of primary amides is 1. The van der Waals surface area contributed by atoms with Crippen molar-refractivity contribution in [2.75, 3.05) is 25.6 Å². The predicted molar refractivity (Wildman–Crippen MR) is 152 cm³/mol. The first-order valence-corrected chi connectivity index (χ1v) is 18.0. The van der Waals surface area contributed by atoms with Crippen LogP contribution in [0.4, 0.5) is 10.2 Å².